The first kappa shape index (κ1) is 19.7. The van der Waals surface area contributed by atoms with Crippen molar-refractivity contribution >= 4 is 17.5 Å². The second-order valence-corrected chi connectivity index (χ2v) is 8.45. The van der Waals surface area contributed by atoms with E-state index in [2.05, 4.69) is 11.8 Å². The molecule has 1 heterocycles. The minimum absolute atomic E-state index is 0.185. The molecule has 0 radical (unpaired) electrons. The van der Waals surface area contributed by atoms with Crippen LogP contribution < -0.4 is 5.73 Å². The van der Waals surface area contributed by atoms with Crippen molar-refractivity contribution in [3.05, 3.63) is 34.9 Å². The Morgan fingerprint density at radius 1 is 1.12 bits per heavy atom. The molecule has 0 aromatic heterocycles. The van der Waals surface area contributed by atoms with Gasteiger partial charge in [0.05, 0.1) is 0 Å². The fourth-order valence-corrected chi connectivity index (χ4v) is 4.72. The maximum atomic E-state index is 12.7. The molecule has 2 fully saturated rings. The van der Waals surface area contributed by atoms with E-state index < -0.39 is 0 Å². The van der Waals surface area contributed by atoms with Gasteiger partial charge in [-0.1, -0.05) is 49.9 Å². The van der Waals surface area contributed by atoms with E-state index in [1.807, 2.05) is 29.2 Å². The molecule has 1 unspecified atom stereocenters. The molecular weight excluding hydrogens is 346 g/mol. The molecule has 1 aromatic carbocycles. The summed E-state index contributed by atoms with van der Waals surface area (Å²) >= 11 is 5.96. The van der Waals surface area contributed by atoms with Crippen molar-refractivity contribution in [2.75, 3.05) is 32.7 Å². The maximum Gasteiger partial charge on any atom is 0.223 e. The summed E-state index contributed by atoms with van der Waals surface area (Å²) < 4.78 is 0. The summed E-state index contributed by atoms with van der Waals surface area (Å²) in [4.78, 5) is 17.3. The highest BCUT2D eigenvalue weighted by Gasteiger charge is 2.38. The van der Waals surface area contributed by atoms with Crippen molar-refractivity contribution < 1.29 is 4.79 Å². The number of benzene rings is 1. The van der Waals surface area contributed by atoms with Crippen LogP contribution in [0, 0.1) is 0 Å². The van der Waals surface area contributed by atoms with Gasteiger partial charge < -0.3 is 10.6 Å². The van der Waals surface area contributed by atoms with Gasteiger partial charge in [-0.05, 0) is 36.5 Å². The number of hydrogen-bond donors (Lipinski definition) is 1. The van der Waals surface area contributed by atoms with E-state index in [9.17, 15) is 4.79 Å². The lowest BCUT2D eigenvalue weighted by Crippen LogP contribution is -2.61. The summed E-state index contributed by atoms with van der Waals surface area (Å²) in [5.74, 6) is 0.476. The average Bonchev–Trinajstić information content (AvgIpc) is 2.69. The van der Waals surface area contributed by atoms with Crippen LogP contribution in [0.4, 0.5) is 0 Å². The number of carbonyl (C=O) groups excluding carboxylic acids is 1. The minimum Gasteiger partial charge on any atom is -0.340 e. The lowest BCUT2D eigenvalue weighted by Gasteiger charge is -2.49. The Morgan fingerprint density at radius 2 is 1.73 bits per heavy atom. The molecule has 2 N–H and O–H groups in total. The van der Waals surface area contributed by atoms with Crippen molar-refractivity contribution in [3.63, 3.8) is 0 Å². The molecule has 144 valence electrons. The molecule has 26 heavy (non-hydrogen) atoms. The van der Waals surface area contributed by atoms with Gasteiger partial charge in [0.15, 0.2) is 0 Å². The van der Waals surface area contributed by atoms with Crippen LogP contribution in [0.25, 0.3) is 0 Å². The summed E-state index contributed by atoms with van der Waals surface area (Å²) in [6, 6.07) is 7.83. The average molecular weight is 378 g/mol. The van der Waals surface area contributed by atoms with Gasteiger partial charge in [0.2, 0.25) is 5.91 Å². The lowest BCUT2D eigenvalue weighted by atomic mass is 9.80. The monoisotopic (exact) mass is 377 g/mol. The van der Waals surface area contributed by atoms with E-state index >= 15 is 0 Å². The first-order valence-electron chi connectivity index (χ1n) is 10.0. The Labute approximate surface area is 162 Å². The Morgan fingerprint density at radius 3 is 2.31 bits per heavy atom. The number of carbonyl (C=O) groups is 1. The number of hydrogen-bond acceptors (Lipinski definition) is 3. The van der Waals surface area contributed by atoms with Crippen LogP contribution in [0.15, 0.2) is 24.3 Å². The van der Waals surface area contributed by atoms with Crippen molar-refractivity contribution in [2.24, 2.45) is 5.73 Å². The molecule has 1 aromatic rings. The van der Waals surface area contributed by atoms with E-state index in [-0.39, 0.29) is 17.4 Å². The first-order chi connectivity index (χ1) is 12.5. The van der Waals surface area contributed by atoms with Crippen LogP contribution in [0.2, 0.25) is 5.02 Å². The molecular formula is C21H32ClN3O. The molecule has 1 aliphatic heterocycles. The molecule has 1 atom stereocenters. The smallest absolute Gasteiger partial charge is 0.223 e. The van der Waals surface area contributed by atoms with E-state index in [1.165, 1.54) is 37.7 Å². The van der Waals surface area contributed by atoms with Gasteiger partial charge in [-0.25, -0.2) is 0 Å². The molecule has 2 aliphatic rings. The largest absolute Gasteiger partial charge is 0.340 e. The van der Waals surface area contributed by atoms with Crippen LogP contribution in [-0.4, -0.2) is 54.0 Å². The number of piperazine rings is 1. The molecule has 1 amide bonds. The predicted molar refractivity (Wildman–Crippen MR) is 108 cm³/mol. The fourth-order valence-electron chi connectivity index (χ4n) is 4.59. The van der Waals surface area contributed by atoms with Crippen molar-refractivity contribution in [1.29, 1.82) is 0 Å². The number of amides is 1. The molecule has 5 heteroatoms. The SMILES string of the molecule is CC(CC(=O)N1CCN(C2(CN)CCCCC2)CC1)c1ccc(Cl)cc1. The minimum atomic E-state index is 0.185. The van der Waals surface area contributed by atoms with Crippen molar-refractivity contribution in [3.8, 4) is 0 Å². The van der Waals surface area contributed by atoms with Gasteiger partial charge in [-0.15, -0.1) is 0 Å². The van der Waals surface area contributed by atoms with E-state index in [0.717, 1.165) is 37.7 Å². The molecule has 0 spiro atoms. The van der Waals surface area contributed by atoms with Crippen LogP contribution in [-0.2, 0) is 4.79 Å². The van der Waals surface area contributed by atoms with Gasteiger partial charge in [0.25, 0.3) is 0 Å². The number of nitrogens with zero attached hydrogens (tertiary/aromatic N) is 2. The normalized spacial score (nSPS) is 22.2. The molecule has 1 saturated carbocycles. The van der Waals surface area contributed by atoms with E-state index in [1.54, 1.807) is 0 Å². The van der Waals surface area contributed by atoms with Gasteiger partial charge in [-0.3, -0.25) is 9.69 Å². The Hall–Kier alpha value is -1.10. The molecule has 1 saturated heterocycles. The van der Waals surface area contributed by atoms with Gasteiger partial charge >= 0.3 is 0 Å². The summed E-state index contributed by atoms with van der Waals surface area (Å²) in [5, 5.41) is 0.736. The van der Waals surface area contributed by atoms with Crippen molar-refractivity contribution in [2.45, 2.75) is 56.9 Å². The summed E-state index contributed by atoms with van der Waals surface area (Å²) in [6.07, 6.45) is 6.90. The molecule has 1 aliphatic carbocycles. The number of halogens is 1. The predicted octanol–water partition coefficient (Wildman–Crippen LogP) is 3.64. The quantitative estimate of drug-likeness (QED) is 0.852. The zero-order chi connectivity index (χ0) is 18.6. The van der Waals surface area contributed by atoms with Gasteiger partial charge in [0, 0.05) is 49.7 Å². The number of rotatable bonds is 5. The van der Waals surface area contributed by atoms with Gasteiger partial charge in [-0.2, -0.15) is 0 Å². The third-order valence-corrected chi connectivity index (χ3v) is 6.64. The molecule has 4 nitrogen and oxygen atoms in total. The maximum absolute atomic E-state index is 12.7. The third-order valence-electron chi connectivity index (χ3n) is 6.39. The Kier molecular flexibility index (Phi) is 6.60. The van der Waals surface area contributed by atoms with Gasteiger partial charge in [0.1, 0.15) is 0 Å². The summed E-state index contributed by atoms with van der Waals surface area (Å²) in [5.41, 5.74) is 7.53. The zero-order valence-electron chi connectivity index (χ0n) is 15.9. The standard InChI is InChI=1S/C21H32ClN3O/c1-17(18-5-7-19(22)8-6-18)15-20(26)24-11-13-25(14-12-24)21(16-23)9-3-2-4-10-21/h5-8,17H,2-4,9-16,23H2,1H3. The van der Waals surface area contributed by atoms with Crippen LogP contribution >= 0.6 is 11.6 Å². The summed E-state index contributed by atoms with van der Waals surface area (Å²) in [7, 11) is 0. The fraction of sp³-hybridized carbons (Fsp3) is 0.667. The van der Waals surface area contributed by atoms with Crippen molar-refractivity contribution in [1.82, 2.24) is 9.80 Å². The highest BCUT2D eigenvalue weighted by Crippen LogP contribution is 2.33. The zero-order valence-corrected chi connectivity index (χ0v) is 16.7. The second-order valence-electron chi connectivity index (χ2n) is 8.01. The van der Waals surface area contributed by atoms with Crippen LogP contribution in [0.5, 0.6) is 0 Å². The highest BCUT2D eigenvalue weighted by molar-refractivity contribution is 6.30. The second kappa shape index (κ2) is 8.73. The molecule has 0 bridgehead atoms. The molecule has 3 rings (SSSR count). The topological polar surface area (TPSA) is 49.6 Å². The van der Waals surface area contributed by atoms with Crippen LogP contribution in [0.1, 0.15) is 56.9 Å². The lowest BCUT2D eigenvalue weighted by molar-refractivity contribution is -0.134. The number of nitrogens with two attached hydrogens (primary N) is 1. The Balaban J connectivity index is 1.52. The Bertz CT molecular complexity index is 590. The van der Waals surface area contributed by atoms with E-state index in [4.69, 9.17) is 17.3 Å². The van der Waals surface area contributed by atoms with Crippen LogP contribution in [0.3, 0.4) is 0 Å². The third kappa shape index (κ3) is 4.41. The first-order valence-corrected chi connectivity index (χ1v) is 10.4. The highest BCUT2D eigenvalue weighted by atomic mass is 35.5. The summed E-state index contributed by atoms with van der Waals surface area (Å²) in [6.45, 7) is 6.43. The van der Waals surface area contributed by atoms with E-state index in [0.29, 0.717) is 6.42 Å².